The molecular weight excluding hydrogens is 285 g/mol. The largest absolute Gasteiger partial charge is 0.464 e. The zero-order valence-electron chi connectivity index (χ0n) is 10.6. The summed E-state index contributed by atoms with van der Waals surface area (Å²) in [5, 5.41) is 4.19. The van der Waals surface area contributed by atoms with Gasteiger partial charge in [-0.25, -0.2) is 0 Å². The van der Waals surface area contributed by atoms with Crippen LogP contribution in [0.15, 0.2) is 47.3 Å². The number of alkyl halides is 3. The van der Waals surface area contributed by atoms with Gasteiger partial charge >= 0.3 is 6.18 Å². The summed E-state index contributed by atoms with van der Waals surface area (Å²) in [6.45, 7) is -0.278. The molecule has 0 saturated carbocycles. The number of fused-ring (bicyclic) bond motifs is 1. The van der Waals surface area contributed by atoms with Crippen molar-refractivity contribution >= 4 is 16.8 Å². The van der Waals surface area contributed by atoms with E-state index in [9.17, 15) is 18.0 Å². The van der Waals surface area contributed by atoms with Crippen molar-refractivity contribution < 1.29 is 22.4 Å². The van der Waals surface area contributed by atoms with Gasteiger partial charge < -0.3 is 4.42 Å². The highest BCUT2D eigenvalue weighted by atomic mass is 19.4. The predicted molar refractivity (Wildman–Crippen MR) is 67.8 cm³/mol. The topological polar surface area (TPSA) is 48.0 Å². The second kappa shape index (κ2) is 4.76. The second-order valence-electron chi connectivity index (χ2n) is 4.49. The third-order valence-corrected chi connectivity index (χ3v) is 3.05. The molecule has 0 atom stereocenters. The summed E-state index contributed by atoms with van der Waals surface area (Å²) in [7, 11) is 0. The Kier molecular flexibility index (Phi) is 3.04. The Labute approximate surface area is 116 Å². The molecule has 0 N–H and O–H groups in total. The number of halogens is 3. The molecule has 0 bridgehead atoms. The monoisotopic (exact) mass is 294 g/mol. The molecule has 0 spiro atoms. The minimum atomic E-state index is -4.47. The zero-order chi connectivity index (χ0) is 15.0. The smallest absolute Gasteiger partial charge is 0.419 e. The molecule has 0 aliphatic heterocycles. The normalized spacial score (nSPS) is 12.0. The Bertz CT molecular complexity index is 802. The number of carbonyl (C=O) groups is 1. The van der Waals surface area contributed by atoms with Crippen molar-refractivity contribution in [3.8, 4) is 0 Å². The van der Waals surface area contributed by atoms with Gasteiger partial charge in [0.25, 0.3) is 0 Å². The highest BCUT2D eigenvalue weighted by Crippen LogP contribution is 2.28. The van der Waals surface area contributed by atoms with Crippen molar-refractivity contribution in [3.05, 3.63) is 54.0 Å². The van der Waals surface area contributed by atoms with Crippen molar-refractivity contribution in [2.45, 2.75) is 12.7 Å². The maximum atomic E-state index is 12.5. The second-order valence-corrected chi connectivity index (χ2v) is 4.49. The molecule has 7 heteroatoms. The molecule has 0 aliphatic carbocycles. The molecule has 21 heavy (non-hydrogen) atoms. The summed E-state index contributed by atoms with van der Waals surface area (Å²) in [6.07, 6.45) is -1.66. The fraction of sp³-hybridized carbons (Fsp3) is 0.143. The Morgan fingerprint density at radius 3 is 2.76 bits per heavy atom. The number of furan rings is 1. The number of Topliss-reactive ketones (excluding diaryl/α,β-unsaturated/α-hetero) is 1. The Hall–Kier alpha value is -2.57. The van der Waals surface area contributed by atoms with Crippen LogP contribution < -0.4 is 0 Å². The van der Waals surface area contributed by atoms with Crippen molar-refractivity contribution in [1.82, 2.24) is 9.78 Å². The van der Waals surface area contributed by atoms with Gasteiger partial charge in [0.15, 0.2) is 5.78 Å². The van der Waals surface area contributed by atoms with E-state index in [0.717, 1.165) is 10.9 Å². The van der Waals surface area contributed by atoms with Crippen molar-refractivity contribution in [1.29, 1.82) is 0 Å². The number of ketones is 1. The Morgan fingerprint density at radius 2 is 2.05 bits per heavy atom. The summed E-state index contributed by atoms with van der Waals surface area (Å²) in [5.74, 6) is -0.364. The number of aromatic nitrogens is 2. The molecule has 0 unspecified atom stereocenters. The molecule has 3 rings (SSSR count). The average molecular weight is 294 g/mol. The van der Waals surface area contributed by atoms with Crippen LogP contribution in [0.4, 0.5) is 13.2 Å². The van der Waals surface area contributed by atoms with E-state index >= 15 is 0 Å². The van der Waals surface area contributed by atoms with Gasteiger partial charge in [-0.05, 0) is 6.07 Å². The number of hydrogen-bond donors (Lipinski definition) is 0. The minimum absolute atomic E-state index is 0.278. The maximum absolute atomic E-state index is 12.5. The standard InChI is InChI=1S/C14H9F3N2O2/c15-14(16,17)9-5-18-19(6-9)7-12(20)11-8-21-13-4-2-1-3-10(11)13/h1-6,8H,7H2. The van der Waals surface area contributed by atoms with Crippen LogP contribution in [-0.4, -0.2) is 15.6 Å². The highest BCUT2D eigenvalue weighted by Gasteiger charge is 2.32. The van der Waals surface area contributed by atoms with E-state index in [1.54, 1.807) is 24.3 Å². The van der Waals surface area contributed by atoms with E-state index in [1.165, 1.54) is 6.26 Å². The third-order valence-electron chi connectivity index (χ3n) is 3.05. The third kappa shape index (κ3) is 2.54. The van der Waals surface area contributed by atoms with Crippen molar-refractivity contribution in [2.75, 3.05) is 0 Å². The van der Waals surface area contributed by atoms with Gasteiger partial charge in [-0.2, -0.15) is 18.3 Å². The van der Waals surface area contributed by atoms with E-state index < -0.39 is 11.7 Å². The predicted octanol–water partition coefficient (Wildman–Crippen LogP) is 3.53. The number of carbonyl (C=O) groups excluding carboxylic acids is 1. The zero-order valence-corrected chi connectivity index (χ0v) is 10.6. The van der Waals surface area contributed by atoms with Crippen molar-refractivity contribution in [2.24, 2.45) is 0 Å². The number of benzene rings is 1. The van der Waals surface area contributed by atoms with Gasteiger partial charge in [0.2, 0.25) is 0 Å². The minimum Gasteiger partial charge on any atom is -0.464 e. The summed E-state index contributed by atoms with van der Waals surface area (Å²) in [5.41, 5.74) is -0.000642. The van der Waals surface area contributed by atoms with Crippen LogP contribution in [0.2, 0.25) is 0 Å². The van der Waals surface area contributed by atoms with Gasteiger partial charge in [-0.15, -0.1) is 0 Å². The first-order chi connectivity index (χ1) is 9.95. The van der Waals surface area contributed by atoms with E-state index in [2.05, 4.69) is 5.10 Å². The van der Waals surface area contributed by atoms with Crippen LogP contribution in [0.1, 0.15) is 15.9 Å². The summed E-state index contributed by atoms with van der Waals surface area (Å²) < 4.78 is 43.6. The first-order valence-corrected chi connectivity index (χ1v) is 6.04. The lowest BCUT2D eigenvalue weighted by atomic mass is 10.1. The fourth-order valence-corrected chi connectivity index (χ4v) is 2.02. The molecule has 108 valence electrons. The Balaban J connectivity index is 1.85. The maximum Gasteiger partial charge on any atom is 0.419 e. The van der Waals surface area contributed by atoms with Crippen molar-refractivity contribution in [3.63, 3.8) is 0 Å². The SMILES string of the molecule is O=C(Cn1cc(C(F)(F)F)cn1)c1coc2ccccc12. The molecule has 0 radical (unpaired) electrons. The number of nitrogens with zero attached hydrogens (tertiary/aromatic N) is 2. The van der Waals surface area contributed by atoms with E-state index in [0.29, 0.717) is 22.7 Å². The van der Waals surface area contributed by atoms with E-state index in [4.69, 9.17) is 4.42 Å². The molecule has 4 nitrogen and oxygen atoms in total. The lowest BCUT2D eigenvalue weighted by Crippen LogP contribution is -2.10. The summed E-state index contributed by atoms with van der Waals surface area (Å²) >= 11 is 0. The molecule has 0 aliphatic rings. The number of para-hydroxylation sites is 1. The summed E-state index contributed by atoms with van der Waals surface area (Å²) in [4.78, 5) is 12.1. The molecule has 1 aromatic carbocycles. The molecule has 3 aromatic rings. The fourth-order valence-electron chi connectivity index (χ4n) is 2.02. The highest BCUT2D eigenvalue weighted by molar-refractivity contribution is 6.06. The van der Waals surface area contributed by atoms with Crippen LogP contribution in [0.3, 0.4) is 0 Å². The molecule has 0 fully saturated rings. The molecular formula is C14H9F3N2O2. The van der Waals surface area contributed by atoms with Crippen LogP contribution in [0.25, 0.3) is 11.0 Å². The first kappa shape index (κ1) is 13.4. The number of rotatable bonds is 3. The van der Waals surface area contributed by atoms with Crippen LogP contribution in [0.5, 0.6) is 0 Å². The van der Waals surface area contributed by atoms with Crippen LogP contribution in [0, 0.1) is 0 Å². The van der Waals surface area contributed by atoms with E-state index in [1.807, 2.05) is 0 Å². The van der Waals surface area contributed by atoms with Crippen LogP contribution in [-0.2, 0) is 12.7 Å². The molecule has 2 heterocycles. The van der Waals surface area contributed by atoms with Gasteiger partial charge in [-0.1, -0.05) is 18.2 Å². The van der Waals surface area contributed by atoms with Gasteiger partial charge in [-0.3, -0.25) is 9.48 Å². The quantitative estimate of drug-likeness (QED) is 0.694. The van der Waals surface area contributed by atoms with Crippen LogP contribution >= 0.6 is 0 Å². The number of hydrogen-bond acceptors (Lipinski definition) is 3. The first-order valence-electron chi connectivity index (χ1n) is 6.04. The average Bonchev–Trinajstić information content (AvgIpc) is 3.03. The lowest BCUT2D eigenvalue weighted by molar-refractivity contribution is -0.137. The molecule has 0 amide bonds. The Morgan fingerprint density at radius 1 is 1.29 bits per heavy atom. The van der Waals surface area contributed by atoms with Gasteiger partial charge in [0, 0.05) is 11.6 Å². The lowest BCUT2D eigenvalue weighted by Gasteiger charge is -2.01. The molecule has 0 saturated heterocycles. The summed E-state index contributed by atoms with van der Waals surface area (Å²) in [6, 6.07) is 6.95. The van der Waals surface area contributed by atoms with E-state index in [-0.39, 0.29) is 12.3 Å². The van der Waals surface area contributed by atoms with Gasteiger partial charge in [0.05, 0.1) is 17.3 Å². The van der Waals surface area contributed by atoms with Gasteiger partial charge in [0.1, 0.15) is 18.4 Å². The molecule has 2 aromatic heterocycles.